The van der Waals surface area contributed by atoms with Gasteiger partial charge in [-0.2, -0.15) is 0 Å². The minimum absolute atomic E-state index is 0.126. The van der Waals surface area contributed by atoms with Gasteiger partial charge in [0.25, 0.3) is 0 Å². The van der Waals surface area contributed by atoms with Crippen molar-refractivity contribution >= 4 is 36.8 Å². The highest BCUT2D eigenvalue weighted by Crippen LogP contribution is 2.34. The molecular formula is C40H52N2O6SSi. The quantitative estimate of drug-likeness (QED) is 0.0393. The number of ether oxygens (including phenoxy) is 4. The second kappa shape index (κ2) is 17.7. The summed E-state index contributed by atoms with van der Waals surface area (Å²) in [5.74, 6) is 1.87. The SMILES string of the molecule is CC(C)(C)OC(=O)ON1CCC(c2ccc(CCSc3ccccn3)cc2)C(OCc2cc(OCOCC[Si](C)(C)C)c3ccccc3c2)C1. The molecule has 0 bridgehead atoms. The Balaban J connectivity index is 1.27. The molecule has 0 radical (unpaired) electrons. The van der Waals surface area contributed by atoms with Crippen molar-refractivity contribution in [3.8, 4) is 5.75 Å². The number of thioether (sulfide) groups is 1. The second-order valence-corrected chi connectivity index (χ2v) is 21.7. The third-order valence-corrected chi connectivity index (χ3v) is 11.1. The fraction of sp³-hybridized carbons (Fsp3) is 0.450. The second-order valence-electron chi connectivity index (χ2n) is 15.0. The van der Waals surface area contributed by atoms with E-state index in [1.165, 1.54) is 11.1 Å². The van der Waals surface area contributed by atoms with Crippen LogP contribution in [0.3, 0.4) is 0 Å². The van der Waals surface area contributed by atoms with Crippen molar-refractivity contribution in [2.24, 2.45) is 0 Å². The first-order chi connectivity index (χ1) is 23.9. The summed E-state index contributed by atoms with van der Waals surface area (Å²) >= 11 is 1.77. The predicted octanol–water partition coefficient (Wildman–Crippen LogP) is 9.50. The molecule has 1 aliphatic heterocycles. The van der Waals surface area contributed by atoms with Crippen LogP contribution in [0.1, 0.15) is 49.8 Å². The van der Waals surface area contributed by atoms with E-state index in [9.17, 15) is 4.79 Å². The largest absolute Gasteiger partial charge is 0.528 e. The Bertz CT molecular complexity index is 1660. The number of fused-ring (bicyclic) bond motifs is 1. The van der Waals surface area contributed by atoms with Gasteiger partial charge in [0.2, 0.25) is 0 Å². The van der Waals surface area contributed by atoms with E-state index < -0.39 is 19.8 Å². The van der Waals surface area contributed by atoms with Crippen molar-refractivity contribution in [2.45, 2.75) is 88.6 Å². The van der Waals surface area contributed by atoms with E-state index in [2.05, 4.69) is 73.2 Å². The molecule has 10 heteroatoms. The number of nitrogens with zero attached hydrogens (tertiary/aromatic N) is 2. The van der Waals surface area contributed by atoms with E-state index in [0.29, 0.717) is 26.3 Å². The van der Waals surface area contributed by atoms with Gasteiger partial charge in [-0.15, -0.1) is 16.8 Å². The molecule has 8 nitrogen and oxygen atoms in total. The standard InChI is InChI=1S/C40H52N2O6SSi/c1-40(2,3)47-39(43)48-42-21-18-35(32-16-14-30(15-17-32)19-23-49-38-13-9-10-20-41-38)37(27-42)45-28-31-25-33-11-7-8-12-34(33)36(26-31)46-29-44-22-24-50(4,5)6/h7-17,20,25-26,35,37H,18-19,21-24,27-29H2,1-6H3. The summed E-state index contributed by atoms with van der Waals surface area (Å²) in [7, 11) is -1.18. The normalized spacial score (nSPS) is 17.1. The molecule has 4 aromatic rings. The minimum Gasteiger partial charge on any atom is -0.467 e. The molecule has 3 aromatic carbocycles. The number of hydrogen-bond acceptors (Lipinski definition) is 9. The lowest BCUT2D eigenvalue weighted by Crippen LogP contribution is -2.45. The molecule has 0 amide bonds. The molecule has 1 aromatic heterocycles. The Morgan fingerprint density at radius 1 is 0.980 bits per heavy atom. The number of benzene rings is 3. The van der Waals surface area contributed by atoms with Crippen LogP contribution in [0.5, 0.6) is 5.75 Å². The maximum atomic E-state index is 12.6. The van der Waals surface area contributed by atoms with Gasteiger partial charge in [0.15, 0.2) is 6.79 Å². The van der Waals surface area contributed by atoms with Crippen molar-refractivity contribution in [2.75, 3.05) is 32.2 Å². The molecule has 1 fully saturated rings. The number of carbonyl (C=O) groups is 1. The molecule has 268 valence electrons. The topological polar surface area (TPSA) is 79.4 Å². The Labute approximate surface area is 302 Å². The minimum atomic E-state index is -1.18. The van der Waals surface area contributed by atoms with Gasteiger partial charge in [-0.1, -0.05) is 74.2 Å². The summed E-state index contributed by atoms with van der Waals surface area (Å²) < 4.78 is 24.2. The average Bonchev–Trinajstić information content (AvgIpc) is 3.07. The van der Waals surface area contributed by atoms with Crippen LogP contribution < -0.4 is 4.74 Å². The molecule has 0 spiro atoms. The van der Waals surface area contributed by atoms with Gasteiger partial charge in [-0.3, -0.25) is 0 Å². The van der Waals surface area contributed by atoms with Crippen LogP contribution in [-0.2, 0) is 32.1 Å². The van der Waals surface area contributed by atoms with Gasteiger partial charge in [0, 0.05) is 44.5 Å². The van der Waals surface area contributed by atoms with E-state index in [-0.39, 0.29) is 18.8 Å². The van der Waals surface area contributed by atoms with E-state index in [4.69, 9.17) is 23.8 Å². The van der Waals surface area contributed by atoms with Gasteiger partial charge in [0.1, 0.15) is 11.4 Å². The summed E-state index contributed by atoms with van der Waals surface area (Å²) in [5.41, 5.74) is 2.86. The number of rotatable bonds is 15. The fourth-order valence-electron chi connectivity index (χ4n) is 5.82. The Kier molecular flexibility index (Phi) is 13.4. The smallest absolute Gasteiger partial charge is 0.467 e. The van der Waals surface area contributed by atoms with Crippen LogP contribution in [-0.4, -0.2) is 68.2 Å². The first-order valence-corrected chi connectivity index (χ1v) is 22.2. The molecule has 0 N–H and O–H groups in total. The number of hydrogen-bond donors (Lipinski definition) is 0. The number of carbonyl (C=O) groups excluding carboxylic acids is 1. The van der Waals surface area contributed by atoms with Crippen molar-refractivity contribution in [1.29, 1.82) is 0 Å². The van der Waals surface area contributed by atoms with Crippen LogP contribution in [0.25, 0.3) is 10.8 Å². The maximum Gasteiger partial charge on any atom is 0.528 e. The zero-order valence-corrected chi connectivity index (χ0v) is 32.2. The highest BCUT2D eigenvalue weighted by Gasteiger charge is 2.34. The van der Waals surface area contributed by atoms with E-state index in [1.807, 2.05) is 57.3 Å². The van der Waals surface area contributed by atoms with Crippen LogP contribution >= 0.6 is 11.8 Å². The van der Waals surface area contributed by atoms with Gasteiger partial charge in [-0.05, 0) is 86.0 Å². The summed E-state index contributed by atoms with van der Waals surface area (Å²) in [5, 5.41) is 4.83. The summed E-state index contributed by atoms with van der Waals surface area (Å²) in [6.07, 6.45) is 2.63. The average molecular weight is 717 g/mol. The van der Waals surface area contributed by atoms with Crippen molar-refractivity contribution < 1.29 is 28.6 Å². The van der Waals surface area contributed by atoms with E-state index >= 15 is 0 Å². The fourth-order valence-corrected chi connectivity index (χ4v) is 7.43. The lowest BCUT2D eigenvalue weighted by Gasteiger charge is -2.37. The van der Waals surface area contributed by atoms with E-state index in [0.717, 1.165) is 51.7 Å². The Morgan fingerprint density at radius 2 is 1.76 bits per heavy atom. The first kappa shape index (κ1) is 37.8. The third kappa shape index (κ3) is 12.1. The molecule has 2 heterocycles. The first-order valence-electron chi connectivity index (χ1n) is 17.5. The monoisotopic (exact) mass is 716 g/mol. The van der Waals surface area contributed by atoms with Gasteiger partial charge in [0.05, 0.1) is 24.3 Å². The maximum absolute atomic E-state index is 12.6. The molecule has 2 unspecified atom stereocenters. The molecule has 2 atom stereocenters. The molecule has 1 aliphatic rings. The summed E-state index contributed by atoms with van der Waals surface area (Å²) in [6.45, 7) is 14.8. The van der Waals surface area contributed by atoms with Crippen molar-refractivity contribution in [3.63, 3.8) is 0 Å². The Hall–Kier alpha value is -3.41. The van der Waals surface area contributed by atoms with Crippen LogP contribution in [0.15, 0.2) is 90.1 Å². The highest BCUT2D eigenvalue weighted by molar-refractivity contribution is 7.99. The van der Waals surface area contributed by atoms with Crippen molar-refractivity contribution in [3.05, 3.63) is 102 Å². The predicted molar refractivity (Wildman–Crippen MR) is 203 cm³/mol. The lowest BCUT2D eigenvalue weighted by atomic mass is 9.87. The molecule has 0 saturated carbocycles. The molecule has 0 aliphatic carbocycles. The number of piperidine rings is 1. The van der Waals surface area contributed by atoms with Gasteiger partial charge >= 0.3 is 6.16 Å². The van der Waals surface area contributed by atoms with Crippen molar-refractivity contribution in [1.82, 2.24) is 10.0 Å². The summed E-state index contributed by atoms with van der Waals surface area (Å²) in [4.78, 5) is 22.6. The number of pyridine rings is 1. The molecular weight excluding hydrogens is 665 g/mol. The molecule has 50 heavy (non-hydrogen) atoms. The van der Waals surface area contributed by atoms with Crippen LogP contribution in [0.4, 0.5) is 4.79 Å². The van der Waals surface area contributed by atoms with Crippen LogP contribution in [0, 0.1) is 0 Å². The molecule has 5 rings (SSSR count). The third-order valence-electron chi connectivity index (χ3n) is 8.44. The Morgan fingerprint density at radius 3 is 2.50 bits per heavy atom. The highest BCUT2D eigenvalue weighted by atomic mass is 32.2. The summed E-state index contributed by atoms with van der Waals surface area (Å²) in [6, 6.07) is 28.4. The zero-order chi connectivity index (χ0) is 35.6. The zero-order valence-electron chi connectivity index (χ0n) is 30.4. The van der Waals surface area contributed by atoms with Crippen LogP contribution in [0.2, 0.25) is 25.7 Å². The number of hydroxylamine groups is 2. The van der Waals surface area contributed by atoms with E-state index in [1.54, 1.807) is 16.8 Å². The van der Waals surface area contributed by atoms with Gasteiger partial charge in [-0.25, -0.2) is 9.78 Å². The van der Waals surface area contributed by atoms with Gasteiger partial charge < -0.3 is 23.8 Å². The number of aromatic nitrogens is 1. The molecule has 1 saturated heterocycles. The lowest BCUT2D eigenvalue weighted by molar-refractivity contribution is -0.179. The number of aryl methyl sites for hydroxylation is 1.